The number of benzene rings is 2. The van der Waals surface area contributed by atoms with Crippen LogP contribution in [-0.2, 0) is 12.6 Å². The Bertz CT molecular complexity index is 742. The second kappa shape index (κ2) is 4.88. The fraction of sp³-hybridized carbons (Fsp3) is 0.118. The molecule has 0 saturated carbocycles. The van der Waals surface area contributed by atoms with Gasteiger partial charge in [0.05, 0.1) is 5.56 Å². The molecule has 0 saturated heterocycles. The van der Waals surface area contributed by atoms with Crippen LogP contribution >= 0.6 is 0 Å². The molecule has 0 aliphatic heterocycles. The lowest BCUT2D eigenvalue weighted by Gasteiger charge is -2.10. The minimum Gasteiger partial charge on any atom is -0.289 e. The van der Waals surface area contributed by atoms with Crippen LogP contribution in [0, 0.1) is 0 Å². The Morgan fingerprint density at radius 3 is 2.33 bits per heavy atom. The maximum absolute atomic E-state index is 13.0. The Balaban J connectivity index is 2.04. The second-order valence-corrected chi connectivity index (χ2v) is 4.92. The Morgan fingerprint density at radius 1 is 0.952 bits per heavy atom. The van der Waals surface area contributed by atoms with Gasteiger partial charge in [0, 0.05) is 17.6 Å². The first-order valence-electron chi connectivity index (χ1n) is 6.46. The molecule has 106 valence electrons. The molecule has 0 aromatic heterocycles. The fourth-order valence-electron chi connectivity index (χ4n) is 2.54. The molecular weight excluding hydrogens is 277 g/mol. The average Bonchev–Trinajstić information content (AvgIpc) is 2.76. The van der Waals surface area contributed by atoms with E-state index >= 15 is 0 Å². The van der Waals surface area contributed by atoms with Gasteiger partial charge in [0.15, 0.2) is 5.78 Å². The van der Waals surface area contributed by atoms with E-state index in [0.717, 1.165) is 11.6 Å². The van der Waals surface area contributed by atoms with E-state index in [4.69, 9.17) is 0 Å². The summed E-state index contributed by atoms with van der Waals surface area (Å²) in [5, 5.41) is 0. The van der Waals surface area contributed by atoms with Crippen molar-refractivity contribution in [1.82, 2.24) is 0 Å². The minimum atomic E-state index is -4.43. The van der Waals surface area contributed by atoms with Crippen molar-refractivity contribution in [3.63, 3.8) is 0 Å². The van der Waals surface area contributed by atoms with Crippen LogP contribution < -0.4 is 0 Å². The molecular formula is C17H11F3O. The van der Waals surface area contributed by atoms with Crippen LogP contribution in [0.3, 0.4) is 0 Å². The number of carbonyl (C=O) groups excluding carboxylic acids is 1. The topological polar surface area (TPSA) is 17.1 Å². The number of ketones is 1. The van der Waals surface area contributed by atoms with Gasteiger partial charge in [0.2, 0.25) is 0 Å². The maximum atomic E-state index is 13.0. The van der Waals surface area contributed by atoms with Gasteiger partial charge in [0.25, 0.3) is 0 Å². The van der Waals surface area contributed by atoms with Gasteiger partial charge in [0.1, 0.15) is 0 Å². The zero-order valence-corrected chi connectivity index (χ0v) is 10.9. The predicted octanol–water partition coefficient (Wildman–Crippen LogP) is 4.53. The van der Waals surface area contributed by atoms with Crippen LogP contribution in [-0.4, -0.2) is 5.78 Å². The Kier molecular flexibility index (Phi) is 3.16. The molecule has 0 N–H and O–H groups in total. The molecule has 0 bridgehead atoms. The third-order valence-electron chi connectivity index (χ3n) is 3.53. The summed E-state index contributed by atoms with van der Waals surface area (Å²) in [5.41, 5.74) is 1.14. The van der Waals surface area contributed by atoms with E-state index in [0.29, 0.717) is 17.6 Å². The number of hydrogen-bond acceptors (Lipinski definition) is 1. The van der Waals surface area contributed by atoms with Crippen LogP contribution in [0.15, 0.2) is 54.1 Å². The third kappa shape index (κ3) is 2.49. The molecule has 0 unspecified atom stereocenters. The minimum absolute atomic E-state index is 0.0288. The number of Topliss-reactive ketones (excluding diaryl/α,β-unsaturated/α-hetero) is 1. The summed E-state index contributed by atoms with van der Waals surface area (Å²) in [6, 6.07) is 12.4. The van der Waals surface area contributed by atoms with Gasteiger partial charge < -0.3 is 0 Å². The zero-order chi connectivity index (χ0) is 15.0. The summed E-state index contributed by atoms with van der Waals surface area (Å²) in [6.07, 6.45) is -2.70. The van der Waals surface area contributed by atoms with Gasteiger partial charge in [-0.3, -0.25) is 4.79 Å². The summed E-state index contributed by atoms with van der Waals surface area (Å²) in [4.78, 5) is 12.2. The Hall–Kier alpha value is -2.36. The Morgan fingerprint density at radius 2 is 1.62 bits per heavy atom. The molecule has 2 aromatic rings. The highest BCUT2D eigenvalue weighted by molar-refractivity contribution is 6.15. The second-order valence-electron chi connectivity index (χ2n) is 4.92. The van der Waals surface area contributed by atoms with Gasteiger partial charge in [-0.15, -0.1) is 0 Å². The molecule has 21 heavy (non-hydrogen) atoms. The smallest absolute Gasteiger partial charge is 0.289 e. The quantitative estimate of drug-likeness (QED) is 0.705. The summed E-state index contributed by atoms with van der Waals surface area (Å²) in [5.74, 6) is -0.192. The van der Waals surface area contributed by atoms with Crippen molar-refractivity contribution in [1.29, 1.82) is 0 Å². The predicted molar refractivity (Wildman–Crippen MR) is 73.9 cm³/mol. The van der Waals surface area contributed by atoms with Crippen LogP contribution in [0.25, 0.3) is 6.08 Å². The molecule has 1 nitrogen and oxygen atoms in total. The first-order valence-corrected chi connectivity index (χ1v) is 6.46. The zero-order valence-electron chi connectivity index (χ0n) is 10.9. The van der Waals surface area contributed by atoms with Gasteiger partial charge >= 0.3 is 6.18 Å². The van der Waals surface area contributed by atoms with E-state index in [1.807, 2.05) is 12.1 Å². The highest BCUT2D eigenvalue weighted by Gasteiger charge is 2.33. The highest BCUT2D eigenvalue weighted by atomic mass is 19.4. The van der Waals surface area contributed by atoms with Crippen LogP contribution in [0.4, 0.5) is 13.2 Å². The molecule has 0 spiro atoms. The summed E-state index contributed by atoms with van der Waals surface area (Å²) in [7, 11) is 0. The van der Waals surface area contributed by atoms with Gasteiger partial charge in [-0.1, -0.05) is 42.5 Å². The largest absolute Gasteiger partial charge is 0.416 e. The van der Waals surface area contributed by atoms with E-state index in [-0.39, 0.29) is 11.3 Å². The van der Waals surface area contributed by atoms with Gasteiger partial charge in [-0.2, -0.15) is 13.2 Å². The standard InChI is InChI=1S/C17H11F3O/c18-17(19,20)15-8-4-2-6-12(15)10-13-9-11-5-1-3-7-14(11)16(13)21/h1-8,10H,9H2/b13-10+. The van der Waals surface area contributed by atoms with Gasteiger partial charge in [-0.05, 0) is 23.3 Å². The molecule has 0 atom stereocenters. The molecule has 0 fully saturated rings. The monoisotopic (exact) mass is 288 g/mol. The molecule has 3 rings (SSSR count). The Labute approximate surface area is 119 Å². The van der Waals surface area contributed by atoms with Crippen LogP contribution in [0.5, 0.6) is 0 Å². The van der Waals surface area contributed by atoms with Crippen molar-refractivity contribution in [2.45, 2.75) is 12.6 Å². The van der Waals surface area contributed by atoms with Crippen molar-refractivity contribution in [2.75, 3.05) is 0 Å². The van der Waals surface area contributed by atoms with E-state index in [1.165, 1.54) is 24.3 Å². The number of carbonyl (C=O) groups is 1. The average molecular weight is 288 g/mol. The maximum Gasteiger partial charge on any atom is 0.416 e. The molecule has 0 radical (unpaired) electrons. The fourth-order valence-corrected chi connectivity index (χ4v) is 2.54. The number of allylic oxidation sites excluding steroid dienone is 1. The van der Waals surface area contributed by atoms with E-state index in [9.17, 15) is 18.0 Å². The lowest BCUT2D eigenvalue weighted by atomic mass is 10.0. The first kappa shape index (κ1) is 13.6. The van der Waals surface area contributed by atoms with Crippen molar-refractivity contribution >= 4 is 11.9 Å². The highest BCUT2D eigenvalue weighted by Crippen LogP contribution is 2.34. The van der Waals surface area contributed by atoms with E-state index < -0.39 is 11.7 Å². The SMILES string of the molecule is O=C1/C(=C/c2ccccc2C(F)(F)F)Cc2ccccc21. The molecule has 0 amide bonds. The first-order chi connectivity index (χ1) is 9.97. The lowest BCUT2D eigenvalue weighted by Crippen LogP contribution is -2.07. The lowest BCUT2D eigenvalue weighted by molar-refractivity contribution is -0.137. The number of hydrogen-bond donors (Lipinski definition) is 0. The molecule has 0 heterocycles. The van der Waals surface area contributed by atoms with Crippen LogP contribution in [0.2, 0.25) is 0 Å². The molecule has 1 aliphatic rings. The summed E-state index contributed by atoms with van der Waals surface area (Å²) < 4.78 is 38.9. The van der Waals surface area contributed by atoms with Gasteiger partial charge in [-0.25, -0.2) is 0 Å². The number of halogens is 3. The summed E-state index contributed by atoms with van der Waals surface area (Å²) >= 11 is 0. The number of alkyl halides is 3. The normalized spacial score (nSPS) is 16.3. The van der Waals surface area contributed by atoms with Crippen molar-refractivity contribution in [3.8, 4) is 0 Å². The molecule has 4 heteroatoms. The molecule has 2 aromatic carbocycles. The van der Waals surface area contributed by atoms with Crippen molar-refractivity contribution in [3.05, 3.63) is 76.4 Å². The summed E-state index contributed by atoms with van der Waals surface area (Å²) in [6.45, 7) is 0. The number of rotatable bonds is 1. The van der Waals surface area contributed by atoms with Crippen LogP contribution in [0.1, 0.15) is 27.0 Å². The van der Waals surface area contributed by atoms with E-state index in [2.05, 4.69) is 0 Å². The van der Waals surface area contributed by atoms with Crippen molar-refractivity contribution in [2.24, 2.45) is 0 Å². The van der Waals surface area contributed by atoms with Crippen molar-refractivity contribution < 1.29 is 18.0 Å². The third-order valence-corrected chi connectivity index (χ3v) is 3.53. The van der Waals surface area contributed by atoms with E-state index in [1.54, 1.807) is 12.1 Å². The molecule has 1 aliphatic carbocycles. The number of fused-ring (bicyclic) bond motifs is 1.